The summed E-state index contributed by atoms with van der Waals surface area (Å²) in [6.45, 7) is 6.81. The zero-order valence-electron chi connectivity index (χ0n) is 9.79. The van der Waals surface area contributed by atoms with Gasteiger partial charge in [0.25, 0.3) is 0 Å². The third-order valence-electron chi connectivity index (χ3n) is 3.41. The van der Waals surface area contributed by atoms with Crippen LogP contribution in [-0.4, -0.2) is 23.8 Å². The fourth-order valence-electron chi connectivity index (χ4n) is 2.12. The van der Waals surface area contributed by atoms with Gasteiger partial charge in [-0.25, -0.2) is 0 Å². The summed E-state index contributed by atoms with van der Waals surface area (Å²) in [5.41, 5.74) is 0. The minimum atomic E-state index is 0.257. The minimum absolute atomic E-state index is 0.257. The van der Waals surface area contributed by atoms with Crippen molar-refractivity contribution in [2.45, 2.75) is 58.5 Å². The summed E-state index contributed by atoms with van der Waals surface area (Å²) in [5, 5.41) is 12.7. The number of rotatable bonds is 6. The number of nitrogens with one attached hydrogen (secondary N) is 1. The maximum absolute atomic E-state index is 9.19. The Hall–Kier alpha value is -0.0800. The molecule has 1 fully saturated rings. The summed E-state index contributed by atoms with van der Waals surface area (Å²) >= 11 is 0. The van der Waals surface area contributed by atoms with Crippen LogP contribution in [0.3, 0.4) is 0 Å². The highest BCUT2D eigenvalue weighted by atomic mass is 16.3. The van der Waals surface area contributed by atoms with E-state index in [4.69, 9.17) is 0 Å². The largest absolute Gasteiger partial charge is 0.395 e. The van der Waals surface area contributed by atoms with E-state index in [1.165, 1.54) is 25.7 Å². The lowest BCUT2D eigenvalue weighted by atomic mass is 9.81. The molecule has 1 aliphatic carbocycles. The quantitative estimate of drug-likeness (QED) is 0.687. The molecule has 84 valence electrons. The summed E-state index contributed by atoms with van der Waals surface area (Å²) in [7, 11) is 0. The van der Waals surface area contributed by atoms with Crippen LogP contribution in [0.2, 0.25) is 0 Å². The zero-order chi connectivity index (χ0) is 10.6. The Morgan fingerprint density at radius 1 is 1.29 bits per heavy atom. The van der Waals surface area contributed by atoms with Crippen LogP contribution in [-0.2, 0) is 0 Å². The summed E-state index contributed by atoms with van der Waals surface area (Å²) in [4.78, 5) is 0. The van der Waals surface area contributed by atoms with Gasteiger partial charge in [-0.05, 0) is 25.2 Å². The van der Waals surface area contributed by atoms with Gasteiger partial charge in [0.2, 0.25) is 0 Å². The molecule has 1 aliphatic rings. The summed E-state index contributed by atoms with van der Waals surface area (Å²) in [6.07, 6.45) is 5.53. The molecular formula is C12H25NO. The van der Waals surface area contributed by atoms with Crippen LogP contribution in [0.15, 0.2) is 0 Å². The first-order chi connectivity index (χ1) is 6.63. The number of aliphatic hydroxyl groups excluding tert-OH is 1. The average molecular weight is 199 g/mol. The van der Waals surface area contributed by atoms with E-state index in [0.29, 0.717) is 12.0 Å². The maximum atomic E-state index is 9.19. The predicted octanol–water partition coefficient (Wildman–Crippen LogP) is 2.17. The van der Waals surface area contributed by atoms with Crippen molar-refractivity contribution in [3.63, 3.8) is 0 Å². The second-order valence-corrected chi connectivity index (χ2v) is 5.13. The molecule has 0 saturated heterocycles. The van der Waals surface area contributed by atoms with Crippen molar-refractivity contribution in [1.29, 1.82) is 0 Å². The molecule has 0 aromatic carbocycles. The molecule has 0 aliphatic heterocycles. The second-order valence-electron chi connectivity index (χ2n) is 5.13. The number of aliphatic hydroxyl groups is 1. The SMILES string of the molecule is CC(CC1CCC1)NC(CO)C(C)C. The number of hydrogen-bond acceptors (Lipinski definition) is 2. The van der Waals surface area contributed by atoms with Crippen LogP contribution < -0.4 is 5.32 Å². The van der Waals surface area contributed by atoms with Gasteiger partial charge in [-0.2, -0.15) is 0 Å². The van der Waals surface area contributed by atoms with E-state index in [1.807, 2.05) is 0 Å². The van der Waals surface area contributed by atoms with E-state index in [2.05, 4.69) is 26.1 Å². The van der Waals surface area contributed by atoms with E-state index in [-0.39, 0.29) is 12.6 Å². The Morgan fingerprint density at radius 2 is 1.93 bits per heavy atom. The molecule has 2 nitrogen and oxygen atoms in total. The molecule has 2 heteroatoms. The van der Waals surface area contributed by atoms with Crippen molar-refractivity contribution in [2.24, 2.45) is 11.8 Å². The molecule has 0 aromatic heterocycles. The van der Waals surface area contributed by atoms with Crippen molar-refractivity contribution in [3.05, 3.63) is 0 Å². The Bertz CT molecular complexity index is 154. The molecule has 0 spiro atoms. The monoisotopic (exact) mass is 199 g/mol. The van der Waals surface area contributed by atoms with Crippen LogP contribution in [0.5, 0.6) is 0 Å². The highest BCUT2D eigenvalue weighted by molar-refractivity contribution is 4.78. The molecule has 2 atom stereocenters. The lowest BCUT2D eigenvalue weighted by Gasteiger charge is -2.31. The topological polar surface area (TPSA) is 32.3 Å². The zero-order valence-corrected chi connectivity index (χ0v) is 9.79. The molecule has 2 unspecified atom stereocenters. The van der Waals surface area contributed by atoms with E-state index < -0.39 is 0 Å². The van der Waals surface area contributed by atoms with Crippen LogP contribution >= 0.6 is 0 Å². The minimum Gasteiger partial charge on any atom is -0.395 e. The maximum Gasteiger partial charge on any atom is 0.0587 e. The molecule has 1 rings (SSSR count). The third kappa shape index (κ3) is 3.58. The predicted molar refractivity (Wildman–Crippen MR) is 60.3 cm³/mol. The van der Waals surface area contributed by atoms with E-state index in [1.54, 1.807) is 0 Å². The lowest BCUT2D eigenvalue weighted by Crippen LogP contribution is -2.43. The second kappa shape index (κ2) is 5.72. The lowest BCUT2D eigenvalue weighted by molar-refractivity contribution is 0.185. The van der Waals surface area contributed by atoms with Gasteiger partial charge in [0.05, 0.1) is 6.61 Å². The fourth-order valence-corrected chi connectivity index (χ4v) is 2.12. The Balaban J connectivity index is 2.19. The van der Waals surface area contributed by atoms with Crippen molar-refractivity contribution >= 4 is 0 Å². The first-order valence-corrected chi connectivity index (χ1v) is 6.00. The van der Waals surface area contributed by atoms with Gasteiger partial charge in [0.1, 0.15) is 0 Å². The smallest absolute Gasteiger partial charge is 0.0587 e. The highest BCUT2D eigenvalue weighted by Gasteiger charge is 2.22. The molecular weight excluding hydrogens is 174 g/mol. The molecule has 1 saturated carbocycles. The molecule has 14 heavy (non-hydrogen) atoms. The van der Waals surface area contributed by atoms with E-state index >= 15 is 0 Å². The van der Waals surface area contributed by atoms with Crippen LogP contribution in [0.1, 0.15) is 46.5 Å². The highest BCUT2D eigenvalue weighted by Crippen LogP contribution is 2.30. The van der Waals surface area contributed by atoms with Crippen molar-refractivity contribution < 1.29 is 5.11 Å². The third-order valence-corrected chi connectivity index (χ3v) is 3.41. The van der Waals surface area contributed by atoms with Crippen LogP contribution in [0.25, 0.3) is 0 Å². The van der Waals surface area contributed by atoms with Crippen LogP contribution in [0.4, 0.5) is 0 Å². The summed E-state index contributed by atoms with van der Waals surface area (Å²) in [5.74, 6) is 1.47. The Morgan fingerprint density at radius 3 is 2.29 bits per heavy atom. The van der Waals surface area contributed by atoms with Crippen molar-refractivity contribution in [3.8, 4) is 0 Å². The average Bonchev–Trinajstić information content (AvgIpc) is 2.07. The molecule has 0 bridgehead atoms. The molecule has 2 N–H and O–H groups in total. The molecule has 0 aromatic rings. The van der Waals surface area contributed by atoms with Gasteiger partial charge in [-0.1, -0.05) is 33.1 Å². The van der Waals surface area contributed by atoms with Crippen molar-refractivity contribution in [1.82, 2.24) is 5.32 Å². The summed E-state index contributed by atoms with van der Waals surface area (Å²) < 4.78 is 0. The molecule has 0 amide bonds. The van der Waals surface area contributed by atoms with E-state index in [9.17, 15) is 5.11 Å². The normalized spacial score (nSPS) is 22.1. The van der Waals surface area contributed by atoms with Gasteiger partial charge >= 0.3 is 0 Å². The fraction of sp³-hybridized carbons (Fsp3) is 1.00. The van der Waals surface area contributed by atoms with Gasteiger partial charge < -0.3 is 10.4 Å². The Kier molecular flexibility index (Phi) is 4.90. The van der Waals surface area contributed by atoms with E-state index in [0.717, 1.165) is 5.92 Å². The number of hydrogen-bond donors (Lipinski definition) is 2. The Labute approximate surface area is 88.1 Å². The standard InChI is InChI=1S/C12H25NO/c1-9(2)12(8-14)13-10(3)7-11-5-4-6-11/h9-14H,4-8H2,1-3H3. The van der Waals surface area contributed by atoms with Gasteiger partial charge in [0, 0.05) is 12.1 Å². The first kappa shape index (κ1) is 12.0. The van der Waals surface area contributed by atoms with Gasteiger partial charge in [0.15, 0.2) is 0 Å². The van der Waals surface area contributed by atoms with Crippen LogP contribution in [0, 0.1) is 11.8 Å². The van der Waals surface area contributed by atoms with Gasteiger partial charge in [-0.3, -0.25) is 0 Å². The summed E-state index contributed by atoms with van der Waals surface area (Å²) in [6, 6.07) is 0.824. The first-order valence-electron chi connectivity index (χ1n) is 6.00. The molecule has 0 heterocycles. The van der Waals surface area contributed by atoms with Gasteiger partial charge in [-0.15, -0.1) is 0 Å². The molecule has 0 radical (unpaired) electrons. The van der Waals surface area contributed by atoms with Crippen molar-refractivity contribution in [2.75, 3.05) is 6.61 Å².